The van der Waals surface area contributed by atoms with Crippen LogP contribution in [0.2, 0.25) is 0 Å². The molecule has 0 aromatic heterocycles. The SMILES string of the molecule is Cc1cc(SCC(=O)OCC(=O)N(CCC#N)c2ccc(F)cc2)c(C)cc1Br. The fourth-order valence-corrected chi connectivity index (χ4v) is 3.85. The molecule has 8 heteroatoms. The predicted octanol–water partition coefficient (Wildman–Crippen LogP) is 4.79. The van der Waals surface area contributed by atoms with Gasteiger partial charge in [0.1, 0.15) is 5.82 Å². The van der Waals surface area contributed by atoms with Gasteiger partial charge in [-0.05, 0) is 61.4 Å². The Kier molecular flexibility index (Phi) is 8.68. The summed E-state index contributed by atoms with van der Waals surface area (Å²) in [6.45, 7) is 3.61. The van der Waals surface area contributed by atoms with Crippen LogP contribution < -0.4 is 4.90 Å². The molecule has 1 amide bonds. The number of rotatable bonds is 8. The summed E-state index contributed by atoms with van der Waals surface area (Å²) in [4.78, 5) is 26.8. The number of benzene rings is 2. The molecule has 0 aliphatic rings. The van der Waals surface area contributed by atoms with Crippen LogP contribution in [0.25, 0.3) is 0 Å². The van der Waals surface area contributed by atoms with E-state index in [0.29, 0.717) is 5.69 Å². The molecule has 0 radical (unpaired) electrons. The average Bonchev–Trinajstić information content (AvgIpc) is 2.69. The summed E-state index contributed by atoms with van der Waals surface area (Å²) in [5, 5.41) is 8.80. The standard InChI is InChI=1S/C21H20BrFN2O3S/c1-14-11-19(15(2)10-18(14)22)29-13-21(27)28-12-20(26)25(9-3-8-24)17-6-4-16(23)5-7-17/h4-7,10-11H,3,9,12-13H2,1-2H3. The van der Waals surface area contributed by atoms with E-state index in [4.69, 9.17) is 10.00 Å². The lowest BCUT2D eigenvalue weighted by Gasteiger charge is -2.21. The van der Waals surface area contributed by atoms with Crippen LogP contribution in [0.1, 0.15) is 17.5 Å². The molecule has 0 aliphatic carbocycles. The molecule has 2 rings (SSSR count). The number of carbonyl (C=O) groups excluding carboxylic acids is 2. The number of ether oxygens (including phenoxy) is 1. The number of amides is 1. The predicted molar refractivity (Wildman–Crippen MR) is 114 cm³/mol. The number of carbonyl (C=O) groups is 2. The van der Waals surface area contributed by atoms with Crippen LogP contribution in [0.4, 0.5) is 10.1 Å². The minimum atomic E-state index is -0.511. The van der Waals surface area contributed by atoms with Gasteiger partial charge in [-0.3, -0.25) is 9.59 Å². The van der Waals surface area contributed by atoms with Gasteiger partial charge in [-0.25, -0.2) is 4.39 Å². The molecule has 0 fully saturated rings. The highest BCUT2D eigenvalue weighted by Crippen LogP contribution is 2.28. The van der Waals surface area contributed by atoms with Crippen molar-refractivity contribution >= 4 is 45.3 Å². The zero-order valence-corrected chi connectivity index (χ0v) is 18.5. The van der Waals surface area contributed by atoms with Crippen molar-refractivity contribution in [1.82, 2.24) is 0 Å². The summed E-state index contributed by atoms with van der Waals surface area (Å²) in [6, 6.07) is 11.3. The first-order valence-corrected chi connectivity index (χ1v) is 10.6. The van der Waals surface area contributed by atoms with E-state index in [1.54, 1.807) is 0 Å². The molecule has 0 unspecified atom stereocenters. The number of nitriles is 1. The van der Waals surface area contributed by atoms with Crippen molar-refractivity contribution in [2.45, 2.75) is 25.2 Å². The van der Waals surface area contributed by atoms with Crippen molar-refractivity contribution in [3.8, 4) is 6.07 Å². The summed E-state index contributed by atoms with van der Waals surface area (Å²) < 4.78 is 19.2. The molecule has 152 valence electrons. The number of anilines is 1. The second-order valence-corrected chi connectivity index (χ2v) is 8.12. The van der Waals surface area contributed by atoms with Crippen LogP contribution in [0, 0.1) is 31.0 Å². The molecule has 0 spiro atoms. The van der Waals surface area contributed by atoms with Gasteiger partial charge in [0.25, 0.3) is 5.91 Å². The first-order chi connectivity index (χ1) is 13.8. The highest BCUT2D eigenvalue weighted by molar-refractivity contribution is 9.10. The maximum Gasteiger partial charge on any atom is 0.316 e. The fourth-order valence-electron chi connectivity index (χ4n) is 2.49. The van der Waals surface area contributed by atoms with E-state index in [-0.39, 0.29) is 18.7 Å². The zero-order chi connectivity index (χ0) is 21.4. The van der Waals surface area contributed by atoms with Gasteiger partial charge in [-0.1, -0.05) is 15.9 Å². The molecule has 0 atom stereocenters. The van der Waals surface area contributed by atoms with Crippen molar-refractivity contribution in [3.05, 3.63) is 57.8 Å². The van der Waals surface area contributed by atoms with Crippen LogP contribution in [0.5, 0.6) is 0 Å². The number of hydrogen-bond acceptors (Lipinski definition) is 5. The molecule has 2 aromatic carbocycles. The Morgan fingerprint density at radius 1 is 1.21 bits per heavy atom. The van der Waals surface area contributed by atoms with Crippen molar-refractivity contribution < 1.29 is 18.7 Å². The van der Waals surface area contributed by atoms with Gasteiger partial charge in [0.15, 0.2) is 6.61 Å². The van der Waals surface area contributed by atoms with E-state index < -0.39 is 24.3 Å². The second kappa shape index (κ2) is 11.0. The smallest absolute Gasteiger partial charge is 0.316 e. The number of hydrogen-bond donors (Lipinski definition) is 0. The molecular weight excluding hydrogens is 459 g/mol. The molecule has 29 heavy (non-hydrogen) atoms. The van der Waals surface area contributed by atoms with Crippen LogP contribution in [0.3, 0.4) is 0 Å². The Morgan fingerprint density at radius 2 is 1.90 bits per heavy atom. The normalized spacial score (nSPS) is 10.3. The summed E-state index contributed by atoms with van der Waals surface area (Å²) in [6.07, 6.45) is 0.106. The highest BCUT2D eigenvalue weighted by atomic mass is 79.9. The maximum absolute atomic E-state index is 13.1. The Balaban J connectivity index is 1.93. The van der Waals surface area contributed by atoms with Crippen molar-refractivity contribution in [2.24, 2.45) is 0 Å². The van der Waals surface area contributed by atoms with E-state index in [1.807, 2.05) is 32.0 Å². The van der Waals surface area contributed by atoms with Crippen LogP contribution in [-0.4, -0.2) is 30.8 Å². The van der Waals surface area contributed by atoms with Gasteiger partial charge in [-0.2, -0.15) is 5.26 Å². The topological polar surface area (TPSA) is 70.4 Å². The molecule has 0 bridgehead atoms. The molecule has 0 N–H and O–H groups in total. The quantitative estimate of drug-likeness (QED) is 0.403. The monoisotopic (exact) mass is 478 g/mol. The van der Waals surface area contributed by atoms with Gasteiger partial charge in [0.05, 0.1) is 18.2 Å². The minimum Gasteiger partial charge on any atom is -0.455 e. The van der Waals surface area contributed by atoms with Gasteiger partial charge < -0.3 is 9.64 Å². The number of esters is 1. The van der Waals surface area contributed by atoms with E-state index in [2.05, 4.69) is 15.9 Å². The highest BCUT2D eigenvalue weighted by Gasteiger charge is 2.18. The van der Waals surface area contributed by atoms with E-state index in [1.165, 1.54) is 40.9 Å². The van der Waals surface area contributed by atoms with E-state index >= 15 is 0 Å². The Morgan fingerprint density at radius 3 is 2.55 bits per heavy atom. The van der Waals surface area contributed by atoms with E-state index in [9.17, 15) is 14.0 Å². The van der Waals surface area contributed by atoms with Gasteiger partial charge in [0, 0.05) is 21.6 Å². The second-order valence-electron chi connectivity index (χ2n) is 6.25. The molecule has 0 saturated carbocycles. The number of halogens is 2. The van der Waals surface area contributed by atoms with Crippen LogP contribution in [-0.2, 0) is 14.3 Å². The third-order valence-electron chi connectivity index (χ3n) is 4.04. The Hall–Kier alpha value is -2.37. The Labute approximate surface area is 182 Å². The molecule has 2 aromatic rings. The Bertz CT molecular complexity index is 929. The fraction of sp³-hybridized carbons (Fsp3) is 0.286. The summed E-state index contributed by atoms with van der Waals surface area (Å²) >= 11 is 4.82. The molecular formula is C21H20BrFN2O3S. The average molecular weight is 479 g/mol. The van der Waals surface area contributed by atoms with Crippen molar-refractivity contribution in [1.29, 1.82) is 5.26 Å². The summed E-state index contributed by atoms with van der Waals surface area (Å²) in [7, 11) is 0. The van der Waals surface area contributed by atoms with Crippen LogP contribution >= 0.6 is 27.7 Å². The molecule has 5 nitrogen and oxygen atoms in total. The van der Waals surface area contributed by atoms with Crippen LogP contribution in [0.15, 0.2) is 45.8 Å². The van der Waals surface area contributed by atoms with Crippen molar-refractivity contribution in [2.75, 3.05) is 23.8 Å². The zero-order valence-electron chi connectivity index (χ0n) is 16.1. The van der Waals surface area contributed by atoms with Crippen molar-refractivity contribution in [3.63, 3.8) is 0 Å². The van der Waals surface area contributed by atoms with E-state index in [0.717, 1.165) is 20.5 Å². The van der Waals surface area contributed by atoms with Gasteiger partial charge in [-0.15, -0.1) is 11.8 Å². The first-order valence-electron chi connectivity index (χ1n) is 8.80. The summed E-state index contributed by atoms with van der Waals surface area (Å²) in [5.74, 6) is -1.34. The van der Waals surface area contributed by atoms with Gasteiger partial charge in [0.2, 0.25) is 0 Å². The summed E-state index contributed by atoms with van der Waals surface area (Å²) in [5.41, 5.74) is 2.54. The van der Waals surface area contributed by atoms with Gasteiger partial charge >= 0.3 is 5.97 Å². The maximum atomic E-state index is 13.1. The molecule has 0 saturated heterocycles. The minimum absolute atomic E-state index is 0.0733. The molecule has 0 aliphatic heterocycles. The first kappa shape index (κ1) is 22.9. The number of nitrogens with zero attached hydrogens (tertiary/aromatic N) is 2. The lowest BCUT2D eigenvalue weighted by Crippen LogP contribution is -2.35. The lowest BCUT2D eigenvalue weighted by molar-refractivity contribution is -0.145. The number of thioether (sulfide) groups is 1. The third-order valence-corrected chi connectivity index (χ3v) is 6.03. The largest absolute Gasteiger partial charge is 0.455 e. The molecule has 0 heterocycles. The third kappa shape index (κ3) is 6.87. The lowest BCUT2D eigenvalue weighted by atomic mass is 10.2. The number of aryl methyl sites for hydroxylation is 2.